The fourth-order valence-electron chi connectivity index (χ4n) is 5.50. The van der Waals surface area contributed by atoms with E-state index in [0.29, 0.717) is 5.92 Å². The number of hydrogen-bond donors (Lipinski definition) is 2. The van der Waals surface area contributed by atoms with E-state index in [-0.39, 0.29) is 5.91 Å². The number of hydrogen-bond acceptors (Lipinski definition) is 5. The van der Waals surface area contributed by atoms with Crippen LogP contribution in [0, 0.1) is 6.92 Å². The van der Waals surface area contributed by atoms with Gasteiger partial charge in [-0.15, -0.1) is 11.3 Å². The number of pyridine rings is 1. The number of H-pyrrole nitrogens is 1. The van der Waals surface area contributed by atoms with Gasteiger partial charge < -0.3 is 15.2 Å². The molecule has 1 saturated heterocycles. The number of aryl methyl sites for hydroxylation is 2. The van der Waals surface area contributed by atoms with E-state index < -0.39 is 0 Å². The molecule has 2 N–H and O–H groups in total. The van der Waals surface area contributed by atoms with E-state index in [4.69, 9.17) is 0 Å². The molecule has 1 aliphatic heterocycles. The maximum absolute atomic E-state index is 13.3. The van der Waals surface area contributed by atoms with Crippen LogP contribution < -0.4 is 5.32 Å². The van der Waals surface area contributed by atoms with Gasteiger partial charge in [0.2, 0.25) is 0 Å². The molecule has 2 aliphatic rings. The first-order valence-corrected chi connectivity index (χ1v) is 12.4. The van der Waals surface area contributed by atoms with Gasteiger partial charge in [0.05, 0.1) is 10.6 Å². The highest BCUT2D eigenvalue weighted by Crippen LogP contribution is 2.44. The van der Waals surface area contributed by atoms with Gasteiger partial charge in [0, 0.05) is 48.9 Å². The van der Waals surface area contributed by atoms with Crippen LogP contribution in [0.1, 0.15) is 58.1 Å². The Balaban J connectivity index is 1.53. The number of aromatic amines is 1. The first-order chi connectivity index (χ1) is 15.5. The standard InChI is InChI=1S/C24H28N6OS/c1-13(2)18-19-14(3)21(24(31)29-9-7-25-8-10-29)32-23(19)28-20(18)17-11-30-22(26-12-27-30)16-6-4-5-15(16)17/h11-13,25,28H,4-10H2,1-3H3. The van der Waals surface area contributed by atoms with Crippen LogP contribution in [-0.4, -0.2) is 56.6 Å². The highest BCUT2D eigenvalue weighted by molar-refractivity contribution is 7.20. The Morgan fingerprint density at radius 2 is 1.97 bits per heavy atom. The zero-order valence-electron chi connectivity index (χ0n) is 18.8. The second-order valence-corrected chi connectivity index (χ2v) is 10.3. The van der Waals surface area contributed by atoms with Crippen LogP contribution in [-0.2, 0) is 12.8 Å². The van der Waals surface area contributed by atoms with Crippen molar-refractivity contribution in [2.75, 3.05) is 26.2 Å². The number of aromatic nitrogens is 4. The number of nitrogens with one attached hydrogen (secondary N) is 2. The minimum Gasteiger partial charge on any atom is -0.346 e. The lowest BCUT2D eigenvalue weighted by molar-refractivity contribution is 0.0740. The maximum Gasteiger partial charge on any atom is 0.264 e. The maximum atomic E-state index is 13.3. The monoisotopic (exact) mass is 448 g/mol. The van der Waals surface area contributed by atoms with Crippen LogP contribution in [0.5, 0.6) is 0 Å². The third kappa shape index (κ3) is 2.85. The van der Waals surface area contributed by atoms with Crippen molar-refractivity contribution in [2.24, 2.45) is 0 Å². The lowest BCUT2D eigenvalue weighted by atomic mass is 9.93. The molecule has 0 unspecified atom stereocenters. The Morgan fingerprint density at radius 3 is 2.75 bits per heavy atom. The molecule has 0 spiro atoms. The van der Waals surface area contributed by atoms with Gasteiger partial charge in [-0.3, -0.25) is 4.79 Å². The zero-order chi connectivity index (χ0) is 22.0. The number of fused-ring (bicyclic) bond motifs is 4. The van der Waals surface area contributed by atoms with Gasteiger partial charge in [-0.25, -0.2) is 9.50 Å². The van der Waals surface area contributed by atoms with Gasteiger partial charge in [-0.1, -0.05) is 13.8 Å². The average Bonchev–Trinajstić information content (AvgIpc) is 3.56. The van der Waals surface area contributed by atoms with Crippen molar-refractivity contribution in [2.45, 2.75) is 46.0 Å². The summed E-state index contributed by atoms with van der Waals surface area (Å²) in [4.78, 5) is 25.5. The third-order valence-corrected chi connectivity index (χ3v) is 8.20. The summed E-state index contributed by atoms with van der Waals surface area (Å²) in [6.07, 6.45) is 7.06. The van der Waals surface area contributed by atoms with E-state index in [1.807, 2.05) is 9.42 Å². The summed E-state index contributed by atoms with van der Waals surface area (Å²) in [5.41, 5.74) is 8.55. The molecule has 0 radical (unpaired) electrons. The topological polar surface area (TPSA) is 78.3 Å². The van der Waals surface area contributed by atoms with Crippen molar-refractivity contribution in [1.82, 2.24) is 29.8 Å². The second kappa shape index (κ2) is 7.42. The van der Waals surface area contributed by atoms with Crippen LogP contribution in [0.2, 0.25) is 0 Å². The Hall–Kier alpha value is -2.71. The average molecular weight is 449 g/mol. The second-order valence-electron chi connectivity index (χ2n) is 9.25. The molecule has 0 saturated carbocycles. The van der Waals surface area contributed by atoms with E-state index >= 15 is 0 Å². The summed E-state index contributed by atoms with van der Waals surface area (Å²) in [6.45, 7) is 9.89. The number of piperazine rings is 1. The Labute approximate surface area is 190 Å². The largest absolute Gasteiger partial charge is 0.346 e. The van der Waals surface area contributed by atoms with Gasteiger partial charge in [-0.2, -0.15) is 5.10 Å². The molecule has 6 rings (SSSR count). The molecule has 8 heteroatoms. The molecule has 7 nitrogen and oxygen atoms in total. The van der Waals surface area contributed by atoms with E-state index in [2.05, 4.69) is 47.4 Å². The Bertz CT molecular complexity index is 1350. The number of carbonyl (C=O) groups is 1. The van der Waals surface area contributed by atoms with Crippen LogP contribution in [0.25, 0.3) is 27.1 Å². The quantitative estimate of drug-likeness (QED) is 0.498. The predicted octanol–water partition coefficient (Wildman–Crippen LogP) is 3.91. The summed E-state index contributed by atoms with van der Waals surface area (Å²) < 4.78 is 1.92. The Morgan fingerprint density at radius 1 is 1.19 bits per heavy atom. The summed E-state index contributed by atoms with van der Waals surface area (Å²) in [5.74, 6) is 0.498. The summed E-state index contributed by atoms with van der Waals surface area (Å²) in [7, 11) is 0. The molecule has 4 aromatic heterocycles. The molecule has 1 amide bonds. The van der Waals surface area contributed by atoms with Crippen LogP contribution >= 0.6 is 11.3 Å². The van der Waals surface area contributed by atoms with E-state index in [1.165, 1.54) is 33.3 Å². The Kier molecular flexibility index (Phi) is 4.62. The number of amides is 1. The van der Waals surface area contributed by atoms with Gasteiger partial charge in [-0.05, 0) is 48.8 Å². The van der Waals surface area contributed by atoms with Gasteiger partial charge in [0.1, 0.15) is 11.2 Å². The lowest BCUT2D eigenvalue weighted by Crippen LogP contribution is -2.46. The minimum atomic E-state index is 0.166. The molecule has 0 atom stereocenters. The fraction of sp³-hybridized carbons (Fsp3) is 0.458. The smallest absolute Gasteiger partial charge is 0.264 e. The van der Waals surface area contributed by atoms with E-state index in [9.17, 15) is 4.79 Å². The van der Waals surface area contributed by atoms with Crippen LogP contribution in [0.15, 0.2) is 12.5 Å². The molecule has 0 aromatic carbocycles. The van der Waals surface area contributed by atoms with E-state index in [0.717, 1.165) is 66.4 Å². The highest BCUT2D eigenvalue weighted by atomic mass is 32.1. The molecule has 5 heterocycles. The van der Waals surface area contributed by atoms with Crippen LogP contribution in [0.4, 0.5) is 0 Å². The van der Waals surface area contributed by atoms with Crippen molar-refractivity contribution >= 4 is 33.1 Å². The first kappa shape index (κ1) is 19.9. The SMILES string of the molecule is Cc1c(C(=O)N2CCNCC2)sc2[nH]c(-c3cn4ncnc4c4c3CCC4)c(C(C)C)c12. The molecule has 0 bridgehead atoms. The van der Waals surface area contributed by atoms with E-state index in [1.54, 1.807) is 17.7 Å². The molecule has 1 aliphatic carbocycles. The van der Waals surface area contributed by atoms with Crippen molar-refractivity contribution in [3.63, 3.8) is 0 Å². The predicted molar refractivity (Wildman–Crippen MR) is 128 cm³/mol. The summed E-state index contributed by atoms with van der Waals surface area (Å²) in [6, 6.07) is 0. The summed E-state index contributed by atoms with van der Waals surface area (Å²) >= 11 is 1.61. The molecule has 4 aromatic rings. The van der Waals surface area contributed by atoms with Crippen molar-refractivity contribution in [1.29, 1.82) is 0 Å². The molecule has 166 valence electrons. The summed E-state index contributed by atoms with van der Waals surface area (Å²) in [5, 5.41) is 9.00. The number of rotatable bonds is 3. The van der Waals surface area contributed by atoms with Crippen LogP contribution in [0.3, 0.4) is 0 Å². The first-order valence-electron chi connectivity index (χ1n) is 11.5. The third-order valence-electron chi connectivity index (χ3n) is 7.01. The zero-order valence-corrected chi connectivity index (χ0v) is 19.6. The molecule has 32 heavy (non-hydrogen) atoms. The number of nitrogens with zero attached hydrogens (tertiary/aromatic N) is 4. The molecule has 1 fully saturated rings. The van der Waals surface area contributed by atoms with Crippen molar-refractivity contribution in [3.8, 4) is 11.3 Å². The number of carbonyl (C=O) groups excluding carboxylic acids is 1. The number of thiophene rings is 1. The normalized spacial score (nSPS) is 16.6. The fourth-order valence-corrected chi connectivity index (χ4v) is 6.69. The van der Waals surface area contributed by atoms with Gasteiger partial charge in [0.25, 0.3) is 5.91 Å². The minimum absolute atomic E-state index is 0.166. The van der Waals surface area contributed by atoms with Gasteiger partial charge in [0.15, 0.2) is 5.65 Å². The van der Waals surface area contributed by atoms with Crippen molar-refractivity contribution in [3.05, 3.63) is 39.7 Å². The lowest BCUT2D eigenvalue weighted by Gasteiger charge is -2.27. The molecular formula is C24H28N6OS. The highest BCUT2D eigenvalue weighted by Gasteiger charge is 2.29. The molecular weight excluding hydrogens is 420 g/mol. The van der Waals surface area contributed by atoms with Gasteiger partial charge >= 0.3 is 0 Å². The van der Waals surface area contributed by atoms with Crippen molar-refractivity contribution < 1.29 is 4.79 Å².